The number of carboxylic acid groups (broad SMARTS) is 1. The number of carbonyl (C=O) groups excluding carboxylic acids is 2. The molecule has 1 unspecified atom stereocenters. The van der Waals surface area contributed by atoms with Crippen LogP contribution in [0.4, 0.5) is 0 Å². The van der Waals surface area contributed by atoms with Crippen LogP contribution in [-0.4, -0.2) is 39.1 Å². The number of hydrogen-bond acceptors (Lipinski definition) is 5. The van der Waals surface area contributed by atoms with Gasteiger partial charge in [0.25, 0.3) is 11.5 Å². The largest absolute Gasteiger partial charge is 0.480 e. The van der Waals surface area contributed by atoms with Gasteiger partial charge in [0.1, 0.15) is 11.6 Å². The van der Waals surface area contributed by atoms with Gasteiger partial charge in [-0.05, 0) is 12.0 Å². The first-order chi connectivity index (χ1) is 14.9. The molecule has 5 N–H and O–H groups in total. The lowest BCUT2D eigenvalue weighted by molar-refractivity contribution is -0.139. The molecule has 0 saturated carbocycles. The van der Waals surface area contributed by atoms with Crippen molar-refractivity contribution < 1.29 is 19.5 Å². The minimum absolute atomic E-state index is 0.203. The monoisotopic (exact) mass is 420 g/mol. The molecule has 0 bridgehead atoms. The lowest BCUT2D eigenvalue weighted by Crippen LogP contribution is -2.43. The van der Waals surface area contributed by atoms with E-state index >= 15 is 0 Å². The molecule has 2 aromatic carbocycles. The number of primary amides is 1. The van der Waals surface area contributed by atoms with Crippen LogP contribution in [0.15, 0.2) is 65.5 Å². The Balaban J connectivity index is 2.13. The predicted molar refractivity (Wildman–Crippen MR) is 113 cm³/mol. The summed E-state index contributed by atoms with van der Waals surface area (Å²) in [5, 5.41) is 18.2. The third-order valence-electron chi connectivity index (χ3n) is 4.60. The number of benzene rings is 2. The number of nitrogens with one attached hydrogen (secondary N) is 2. The Labute approximate surface area is 176 Å². The maximum absolute atomic E-state index is 13.1. The van der Waals surface area contributed by atoms with Crippen LogP contribution < -0.4 is 16.6 Å². The summed E-state index contributed by atoms with van der Waals surface area (Å²) in [4.78, 5) is 48.3. The minimum Gasteiger partial charge on any atom is -0.480 e. The molecule has 158 valence electrons. The molecular formula is C22H20N4O5. The number of rotatable bonds is 8. The molecule has 2 amide bonds. The van der Waals surface area contributed by atoms with Crippen LogP contribution in [0.1, 0.15) is 23.2 Å². The summed E-state index contributed by atoms with van der Waals surface area (Å²) in [7, 11) is 0. The Morgan fingerprint density at radius 2 is 1.58 bits per heavy atom. The molecule has 0 aliphatic heterocycles. The van der Waals surface area contributed by atoms with Crippen molar-refractivity contribution in [2.45, 2.75) is 18.9 Å². The standard InChI is InChI=1S/C22H20N4O5/c23-16(27)12-11-15(22(30)31)24-20(28)18-17(13-7-3-1-4-8-13)19(25-26-21(18)29)14-9-5-2-6-10-14/h1-10,15H,11-12H2,(H2,23,27)(H,24,28)(H,26,29)(H,30,31). The van der Waals surface area contributed by atoms with Gasteiger partial charge in [-0.2, -0.15) is 5.10 Å². The number of aliphatic carboxylic acids is 1. The van der Waals surface area contributed by atoms with Crippen LogP contribution in [0.25, 0.3) is 22.4 Å². The third kappa shape index (κ3) is 5.02. The molecule has 9 nitrogen and oxygen atoms in total. The fourth-order valence-corrected chi connectivity index (χ4v) is 3.13. The number of nitrogens with two attached hydrogens (primary N) is 1. The summed E-state index contributed by atoms with van der Waals surface area (Å²) in [6, 6.07) is 16.3. The first-order valence-electron chi connectivity index (χ1n) is 9.44. The van der Waals surface area contributed by atoms with Crippen LogP contribution in [0, 0.1) is 0 Å². The summed E-state index contributed by atoms with van der Waals surface area (Å²) in [5.74, 6) is -2.93. The van der Waals surface area contributed by atoms with E-state index in [1.165, 1.54) is 0 Å². The number of hydrogen-bond donors (Lipinski definition) is 4. The average molecular weight is 420 g/mol. The van der Waals surface area contributed by atoms with Crippen LogP contribution in [0.3, 0.4) is 0 Å². The molecule has 0 radical (unpaired) electrons. The lowest BCUT2D eigenvalue weighted by atomic mass is 9.95. The molecule has 0 saturated heterocycles. The summed E-state index contributed by atoms with van der Waals surface area (Å²) in [6.45, 7) is 0. The Morgan fingerprint density at radius 1 is 1.00 bits per heavy atom. The number of H-pyrrole nitrogens is 1. The molecule has 0 spiro atoms. The van der Waals surface area contributed by atoms with Gasteiger partial charge in [0, 0.05) is 17.5 Å². The quantitative estimate of drug-likeness (QED) is 0.433. The second-order valence-corrected chi connectivity index (χ2v) is 6.75. The van der Waals surface area contributed by atoms with E-state index < -0.39 is 29.4 Å². The van der Waals surface area contributed by atoms with Gasteiger partial charge in [0.05, 0.1) is 5.69 Å². The molecule has 0 fully saturated rings. The zero-order chi connectivity index (χ0) is 22.4. The van der Waals surface area contributed by atoms with Crippen LogP contribution in [-0.2, 0) is 9.59 Å². The Hall–Kier alpha value is -4.27. The zero-order valence-corrected chi connectivity index (χ0v) is 16.4. The third-order valence-corrected chi connectivity index (χ3v) is 4.60. The molecule has 0 aliphatic rings. The van der Waals surface area contributed by atoms with E-state index in [4.69, 9.17) is 5.73 Å². The molecule has 31 heavy (non-hydrogen) atoms. The maximum Gasteiger partial charge on any atom is 0.326 e. The van der Waals surface area contributed by atoms with Crippen molar-refractivity contribution in [3.63, 3.8) is 0 Å². The van der Waals surface area contributed by atoms with Gasteiger partial charge in [-0.3, -0.25) is 14.4 Å². The topological polar surface area (TPSA) is 155 Å². The minimum atomic E-state index is -1.39. The SMILES string of the molecule is NC(=O)CCC(NC(=O)c1c(-c2ccccc2)c(-c2ccccc2)n[nH]c1=O)C(=O)O. The summed E-state index contributed by atoms with van der Waals surface area (Å²) in [5.41, 5.74) is 5.90. The van der Waals surface area contributed by atoms with E-state index in [2.05, 4.69) is 15.5 Å². The Bertz CT molecular complexity index is 1160. The first kappa shape index (κ1) is 21.4. The number of carboxylic acids is 1. The molecule has 9 heteroatoms. The highest BCUT2D eigenvalue weighted by Crippen LogP contribution is 2.31. The predicted octanol–water partition coefficient (Wildman–Crippen LogP) is 1.55. The van der Waals surface area contributed by atoms with Crippen LogP contribution in [0.2, 0.25) is 0 Å². The van der Waals surface area contributed by atoms with E-state index in [1.807, 2.05) is 6.07 Å². The lowest BCUT2D eigenvalue weighted by Gasteiger charge is -2.17. The van der Waals surface area contributed by atoms with Gasteiger partial charge in [0.15, 0.2) is 0 Å². The number of carbonyl (C=O) groups is 3. The fourth-order valence-electron chi connectivity index (χ4n) is 3.13. The first-order valence-corrected chi connectivity index (χ1v) is 9.44. The zero-order valence-electron chi connectivity index (χ0n) is 16.4. The highest BCUT2D eigenvalue weighted by Gasteiger charge is 2.27. The molecule has 3 aromatic rings. The maximum atomic E-state index is 13.1. The second-order valence-electron chi connectivity index (χ2n) is 6.75. The van der Waals surface area contributed by atoms with Gasteiger partial charge < -0.3 is 16.2 Å². The van der Waals surface area contributed by atoms with Gasteiger partial charge in [-0.1, -0.05) is 60.7 Å². The smallest absolute Gasteiger partial charge is 0.326 e. The molecule has 1 heterocycles. The summed E-state index contributed by atoms with van der Waals surface area (Å²) >= 11 is 0. The number of aromatic amines is 1. The second kappa shape index (κ2) is 9.49. The molecule has 1 atom stereocenters. The van der Waals surface area contributed by atoms with Gasteiger partial charge in [0.2, 0.25) is 5.91 Å². The van der Waals surface area contributed by atoms with E-state index in [9.17, 15) is 24.3 Å². The van der Waals surface area contributed by atoms with Crippen LogP contribution >= 0.6 is 0 Å². The number of amides is 2. The highest BCUT2D eigenvalue weighted by molar-refractivity contribution is 6.04. The van der Waals surface area contributed by atoms with Gasteiger partial charge >= 0.3 is 5.97 Å². The van der Waals surface area contributed by atoms with Gasteiger partial charge in [-0.25, -0.2) is 9.89 Å². The van der Waals surface area contributed by atoms with Crippen molar-refractivity contribution in [1.29, 1.82) is 0 Å². The van der Waals surface area contributed by atoms with E-state index in [0.717, 1.165) is 0 Å². The van der Waals surface area contributed by atoms with Crippen molar-refractivity contribution in [3.05, 3.63) is 76.6 Å². The molecule has 1 aromatic heterocycles. The van der Waals surface area contributed by atoms with Gasteiger partial charge in [-0.15, -0.1) is 0 Å². The van der Waals surface area contributed by atoms with Crippen molar-refractivity contribution in [2.75, 3.05) is 0 Å². The van der Waals surface area contributed by atoms with Crippen LogP contribution in [0.5, 0.6) is 0 Å². The number of nitrogens with zero attached hydrogens (tertiary/aromatic N) is 1. The van der Waals surface area contributed by atoms with E-state index in [0.29, 0.717) is 16.8 Å². The fraction of sp³-hybridized carbons (Fsp3) is 0.136. The highest BCUT2D eigenvalue weighted by atomic mass is 16.4. The average Bonchev–Trinajstić information content (AvgIpc) is 2.77. The van der Waals surface area contributed by atoms with Crippen molar-refractivity contribution in [2.24, 2.45) is 5.73 Å². The Kier molecular flexibility index (Phi) is 6.56. The summed E-state index contributed by atoms with van der Waals surface area (Å²) < 4.78 is 0. The molecular weight excluding hydrogens is 400 g/mol. The normalized spacial score (nSPS) is 11.5. The van der Waals surface area contributed by atoms with Crippen molar-refractivity contribution in [3.8, 4) is 22.4 Å². The molecule has 0 aliphatic carbocycles. The molecule has 3 rings (SSSR count). The van der Waals surface area contributed by atoms with E-state index in [-0.39, 0.29) is 24.0 Å². The van der Waals surface area contributed by atoms with E-state index in [1.54, 1.807) is 54.6 Å². The number of aromatic nitrogens is 2. The summed E-state index contributed by atoms with van der Waals surface area (Å²) in [6.07, 6.45) is -0.434. The van der Waals surface area contributed by atoms with Crippen molar-refractivity contribution in [1.82, 2.24) is 15.5 Å². The Morgan fingerprint density at radius 3 is 2.13 bits per heavy atom. The van der Waals surface area contributed by atoms with Crippen molar-refractivity contribution >= 4 is 17.8 Å².